The van der Waals surface area contributed by atoms with E-state index >= 15 is 0 Å². The lowest BCUT2D eigenvalue weighted by Crippen LogP contribution is -2.68. The van der Waals surface area contributed by atoms with E-state index in [0.717, 1.165) is 22.9 Å². The van der Waals surface area contributed by atoms with Gasteiger partial charge in [0.15, 0.2) is 0 Å². The van der Waals surface area contributed by atoms with Crippen molar-refractivity contribution in [1.29, 1.82) is 0 Å². The Balaban J connectivity index is 0.942. The second-order valence-corrected chi connectivity index (χ2v) is 22.6. The fourth-order valence-electron chi connectivity index (χ4n) is 15.2. The van der Waals surface area contributed by atoms with Crippen LogP contribution in [0.15, 0.2) is 291 Å². The van der Waals surface area contributed by atoms with Crippen LogP contribution < -0.4 is 37.5 Å². The van der Waals surface area contributed by atoms with Gasteiger partial charge >= 0.3 is 0 Å². The van der Waals surface area contributed by atoms with Crippen molar-refractivity contribution in [3.8, 4) is 45.1 Å². The van der Waals surface area contributed by atoms with Gasteiger partial charge in [-0.05, 0) is 139 Å². The molecule has 0 bridgehead atoms. The van der Waals surface area contributed by atoms with Crippen LogP contribution in [-0.4, -0.2) is 22.6 Å². The second-order valence-electron chi connectivity index (χ2n) is 22.6. The van der Waals surface area contributed by atoms with Crippen molar-refractivity contribution < 1.29 is 4.74 Å². The number of benzene rings is 13. The summed E-state index contributed by atoms with van der Waals surface area (Å²) in [6.45, 7) is -0.106. The molecule has 3 aliphatic heterocycles. The molecular formula is C77H48B2N2O. The van der Waals surface area contributed by atoms with Gasteiger partial charge in [0.1, 0.15) is 11.5 Å². The summed E-state index contributed by atoms with van der Waals surface area (Å²) >= 11 is 0. The Morgan fingerprint density at radius 1 is 0.280 bits per heavy atom. The summed E-state index contributed by atoms with van der Waals surface area (Å²) in [5.74, 6) is 1.84. The van der Waals surface area contributed by atoms with E-state index in [0.29, 0.717) is 0 Å². The van der Waals surface area contributed by atoms with E-state index in [1.54, 1.807) is 0 Å². The Labute approximate surface area is 475 Å². The standard InChI is InChI=1S/C77H48B2N2O/c1-3-20-56(21-4-1)80-70-30-14-9-24-58(70)60-45-51(37-42-72(60)80)53-35-40-67-64(47-53)77(62-26-11-12-28-66(62)79-69-29-13-16-32-74(69)82-75-33-17-27-63(77)76(75)79)65-48-54(36-41-68(65)78(67)55-39-34-49-18-7-8-19-50(49)44-55)52-38-43-73-61(46-52)59-25-10-15-31-71(59)81(73)57-22-5-2-6-23-57/h1-48H. The Kier molecular flexibility index (Phi) is 9.61. The number of hydrogen-bond donors (Lipinski definition) is 0. The summed E-state index contributed by atoms with van der Waals surface area (Å²) in [7, 11) is 0. The molecule has 0 N–H and O–H groups in total. The maximum atomic E-state index is 7.08. The van der Waals surface area contributed by atoms with E-state index in [4.69, 9.17) is 4.74 Å². The summed E-state index contributed by atoms with van der Waals surface area (Å²) in [6.07, 6.45) is 0. The lowest BCUT2D eigenvalue weighted by Gasteiger charge is -2.50. The SMILES string of the molecule is c1ccc(-n2c3ccccc3c3cc(-c4ccc5c(c4)C4(c6cc(-c7ccc8c(c7)c7ccccc7n8-c7ccccc7)ccc6B5c5ccc6ccccc6c5)c5ccccc5B5c6ccccc6Oc6cccc4c65)ccc32)cc1. The first-order chi connectivity index (χ1) is 40.7. The van der Waals surface area contributed by atoms with Crippen LogP contribution in [0.4, 0.5) is 0 Å². The first-order valence-corrected chi connectivity index (χ1v) is 28.6. The van der Waals surface area contributed by atoms with E-state index in [1.807, 2.05) is 0 Å². The third kappa shape index (κ3) is 6.33. The molecule has 0 saturated carbocycles. The van der Waals surface area contributed by atoms with Crippen LogP contribution in [0.25, 0.3) is 88.0 Å². The molecule has 0 fully saturated rings. The van der Waals surface area contributed by atoms with Crippen molar-refractivity contribution in [2.24, 2.45) is 0 Å². The van der Waals surface area contributed by atoms with Crippen LogP contribution in [-0.2, 0) is 5.41 Å². The fourth-order valence-corrected chi connectivity index (χ4v) is 15.2. The zero-order valence-corrected chi connectivity index (χ0v) is 44.7. The van der Waals surface area contributed by atoms with Crippen molar-refractivity contribution >= 4 is 101 Å². The fraction of sp³-hybridized carbons (Fsp3) is 0.0130. The van der Waals surface area contributed by atoms with Gasteiger partial charge in [-0.2, -0.15) is 0 Å². The van der Waals surface area contributed by atoms with Gasteiger partial charge < -0.3 is 13.9 Å². The molecule has 0 saturated heterocycles. The molecule has 18 rings (SSSR count). The molecule has 82 heavy (non-hydrogen) atoms. The van der Waals surface area contributed by atoms with E-state index in [1.165, 1.54) is 132 Å². The lowest BCUT2D eigenvalue weighted by atomic mass is 9.26. The van der Waals surface area contributed by atoms with Crippen LogP contribution in [0.1, 0.15) is 22.3 Å². The average molecular weight is 1040 g/mol. The molecule has 0 atom stereocenters. The highest BCUT2D eigenvalue weighted by Gasteiger charge is 2.55. The average Bonchev–Trinajstić information content (AvgIpc) is 1.14. The van der Waals surface area contributed by atoms with Crippen molar-refractivity contribution in [2.45, 2.75) is 5.41 Å². The third-order valence-electron chi connectivity index (χ3n) is 18.6. The lowest BCUT2D eigenvalue weighted by molar-refractivity contribution is 0.486. The van der Waals surface area contributed by atoms with Crippen LogP contribution in [0.3, 0.4) is 0 Å². The Morgan fingerprint density at radius 2 is 0.756 bits per heavy atom. The van der Waals surface area contributed by atoms with Crippen LogP contribution in [0, 0.1) is 0 Å². The third-order valence-corrected chi connectivity index (χ3v) is 18.6. The van der Waals surface area contributed by atoms with E-state index in [9.17, 15) is 0 Å². The number of fused-ring (bicyclic) bond motifs is 17. The van der Waals surface area contributed by atoms with Crippen molar-refractivity contribution in [3.05, 3.63) is 313 Å². The van der Waals surface area contributed by atoms with Gasteiger partial charge in [0, 0.05) is 32.9 Å². The normalized spacial score (nSPS) is 13.5. The van der Waals surface area contributed by atoms with Crippen LogP contribution in [0.2, 0.25) is 0 Å². The predicted octanol–water partition coefficient (Wildman–Crippen LogP) is 14.5. The summed E-state index contributed by atoms with van der Waals surface area (Å²) in [5.41, 5.74) is 23.8. The molecule has 378 valence electrons. The van der Waals surface area contributed by atoms with E-state index in [2.05, 4.69) is 300 Å². The molecule has 3 aliphatic rings. The quantitative estimate of drug-likeness (QED) is 0.157. The smallest absolute Gasteiger partial charge is 0.251 e. The minimum atomic E-state index is -0.779. The summed E-state index contributed by atoms with van der Waals surface area (Å²) in [5, 5.41) is 7.41. The summed E-state index contributed by atoms with van der Waals surface area (Å²) in [4.78, 5) is 0. The second kappa shape index (κ2) is 17.3. The molecule has 0 unspecified atom stereocenters. The molecule has 0 radical (unpaired) electrons. The Hall–Kier alpha value is -10.4. The molecule has 0 amide bonds. The molecule has 5 heterocycles. The molecule has 1 spiro atoms. The molecule has 3 nitrogen and oxygen atoms in total. The summed E-state index contributed by atoms with van der Waals surface area (Å²) in [6, 6.07) is 109. The Morgan fingerprint density at radius 3 is 1.40 bits per heavy atom. The van der Waals surface area contributed by atoms with Crippen LogP contribution in [0.5, 0.6) is 11.5 Å². The summed E-state index contributed by atoms with van der Waals surface area (Å²) < 4.78 is 11.9. The number of nitrogens with zero attached hydrogens (tertiary/aromatic N) is 2. The first-order valence-electron chi connectivity index (χ1n) is 28.6. The van der Waals surface area contributed by atoms with Crippen molar-refractivity contribution in [1.82, 2.24) is 9.13 Å². The molecule has 2 aromatic heterocycles. The monoisotopic (exact) mass is 1040 g/mol. The largest absolute Gasteiger partial charge is 0.458 e. The maximum Gasteiger partial charge on any atom is 0.251 e. The number of rotatable bonds is 5. The number of hydrogen-bond acceptors (Lipinski definition) is 1. The van der Waals surface area contributed by atoms with Crippen LogP contribution >= 0.6 is 0 Å². The van der Waals surface area contributed by atoms with Crippen molar-refractivity contribution in [3.63, 3.8) is 0 Å². The van der Waals surface area contributed by atoms with Gasteiger partial charge in [-0.25, -0.2) is 0 Å². The van der Waals surface area contributed by atoms with Crippen molar-refractivity contribution in [2.75, 3.05) is 0 Å². The van der Waals surface area contributed by atoms with Gasteiger partial charge in [-0.1, -0.05) is 240 Å². The van der Waals surface area contributed by atoms with Gasteiger partial charge in [0.2, 0.25) is 6.71 Å². The highest BCUT2D eigenvalue weighted by molar-refractivity contribution is 6.99. The number of aromatic nitrogens is 2. The zero-order valence-electron chi connectivity index (χ0n) is 44.7. The van der Waals surface area contributed by atoms with E-state index in [-0.39, 0.29) is 13.4 Å². The molecule has 0 aliphatic carbocycles. The molecule has 15 aromatic rings. The number of ether oxygens (including phenoxy) is 1. The van der Waals surface area contributed by atoms with Gasteiger partial charge in [-0.15, -0.1) is 0 Å². The predicted molar refractivity (Wildman–Crippen MR) is 344 cm³/mol. The minimum absolute atomic E-state index is 0.0249. The maximum absolute atomic E-state index is 7.08. The van der Waals surface area contributed by atoms with Gasteiger partial charge in [0.05, 0.1) is 27.5 Å². The molecular weight excluding hydrogens is 990 g/mol. The highest BCUT2D eigenvalue weighted by atomic mass is 16.5. The first kappa shape index (κ1) is 45.5. The number of para-hydroxylation sites is 5. The minimum Gasteiger partial charge on any atom is -0.458 e. The van der Waals surface area contributed by atoms with Gasteiger partial charge in [-0.3, -0.25) is 0 Å². The highest BCUT2D eigenvalue weighted by Crippen LogP contribution is 2.51. The van der Waals surface area contributed by atoms with Gasteiger partial charge in [0.25, 0.3) is 6.71 Å². The Bertz CT molecular complexity index is 4960. The van der Waals surface area contributed by atoms with E-state index < -0.39 is 5.41 Å². The zero-order chi connectivity index (χ0) is 53.6. The topological polar surface area (TPSA) is 19.1 Å². The molecule has 5 heteroatoms. The molecule has 13 aromatic carbocycles.